The van der Waals surface area contributed by atoms with Crippen molar-refractivity contribution < 1.29 is 13.2 Å². The Balaban J connectivity index is 1.44. The van der Waals surface area contributed by atoms with Crippen molar-refractivity contribution in [2.24, 2.45) is 0 Å². The van der Waals surface area contributed by atoms with Crippen LogP contribution in [-0.4, -0.2) is 37.7 Å². The molecule has 0 aliphatic carbocycles. The molecule has 1 atom stereocenters. The first-order valence-electron chi connectivity index (χ1n) is 9.83. The molecule has 0 spiro atoms. The number of likely N-dealkylation sites (tertiary alicyclic amines) is 1. The summed E-state index contributed by atoms with van der Waals surface area (Å²) in [5.74, 6) is -0.0430. The maximum atomic E-state index is 12.8. The summed E-state index contributed by atoms with van der Waals surface area (Å²) in [6.45, 7) is 0.991. The molecule has 1 aliphatic rings. The Morgan fingerprint density at radius 2 is 1.69 bits per heavy atom. The van der Waals surface area contributed by atoms with Gasteiger partial charge in [-0.3, -0.25) is 0 Å². The Kier molecular flexibility index (Phi) is 5.53. The summed E-state index contributed by atoms with van der Waals surface area (Å²) in [4.78, 5) is 14.8. The fraction of sp³-hybridized carbons (Fsp3) is 0.261. The van der Waals surface area contributed by atoms with Gasteiger partial charge < -0.3 is 10.2 Å². The van der Waals surface area contributed by atoms with E-state index in [9.17, 15) is 13.2 Å². The van der Waals surface area contributed by atoms with Crippen molar-refractivity contribution in [2.45, 2.75) is 30.3 Å². The molecule has 0 radical (unpaired) electrons. The lowest BCUT2D eigenvalue weighted by Gasteiger charge is -2.25. The number of urea groups is 1. The van der Waals surface area contributed by atoms with E-state index in [1.54, 1.807) is 35.2 Å². The van der Waals surface area contributed by atoms with Crippen molar-refractivity contribution in [3.8, 4) is 0 Å². The number of rotatable bonds is 5. The van der Waals surface area contributed by atoms with Crippen LogP contribution >= 0.6 is 0 Å². The maximum absolute atomic E-state index is 12.8. The number of hydrogen-bond donors (Lipinski definition) is 1. The Morgan fingerprint density at radius 1 is 0.966 bits per heavy atom. The number of nitrogens with one attached hydrogen (secondary N) is 1. The first kappa shape index (κ1) is 19.5. The van der Waals surface area contributed by atoms with Crippen molar-refractivity contribution in [1.82, 2.24) is 10.2 Å². The Hall–Kier alpha value is -2.86. The normalized spacial score (nSPS) is 16.8. The van der Waals surface area contributed by atoms with Crippen LogP contribution in [0.2, 0.25) is 0 Å². The SMILES string of the molecule is O=C(NCc1cccc2ccccc12)N1CCCC1CS(=O)(=O)c1ccccc1. The summed E-state index contributed by atoms with van der Waals surface area (Å²) in [5, 5.41) is 5.22. The highest BCUT2D eigenvalue weighted by atomic mass is 32.2. The van der Waals surface area contributed by atoms with Crippen LogP contribution in [0.5, 0.6) is 0 Å². The van der Waals surface area contributed by atoms with E-state index in [1.807, 2.05) is 42.5 Å². The molecule has 0 saturated carbocycles. The van der Waals surface area contributed by atoms with Crippen LogP contribution in [0.15, 0.2) is 77.7 Å². The molecule has 3 aromatic carbocycles. The van der Waals surface area contributed by atoms with Gasteiger partial charge in [-0.25, -0.2) is 13.2 Å². The lowest BCUT2D eigenvalue weighted by molar-refractivity contribution is 0.196. The Bertz CT molecular complexity index is 1110. The zero-order valence-electron chi connectivity index (χ0n) is 16.1. The minimum atomic E-state index is -3.43. The Morgan fingerprint density at radius 3 is 2.52 bits per heavy atom. The monoisotopic (exact) mass is 408 g/mol. The second kappa shape index (κ2) is 8.25. The van der Waals surface area contributed by atoms with Gasteiger partial charge in [0.15, 0.2) is 9.84 Å². The van der Waals surface area contributed by atoms with Crippen molar-refractivity contribution in [3.63, 3.8) is 0 Å². The molecule has 4 rings (SSSR count). The number of fused-ring (bicyclic) bond motifs is 1. The van der Waals surface area contributed by atoms with Crippen LogP contribution in [0.1, 0.15) is 18.4 Å². The van der Waals surface area contributed by atoms with Crippen molar-refractivity contribution in [3.05, 3.63) is 78.4 Å². The number of amides is 2. The van der Waals surface area contributed by atoms with Gasteiger partial charge in [0.05, 0.1) is 10.6 Å². The third-order valence-corrected chi connectivity index (χ3v) is 7.28. The van der Waals surface area contributed by atoms with E-state index in [4.69, 9.17) is 0 Å². The molecule has 3 aromatic rings. The molecule has 1 saturated heterocycles. The van der Waals surface area contributed by atoms with Gasteiger partial charge in [-0.2, -0.15) is 0 Å². The topological polar surface area (TPSA) is 66.5 Å². The van der Waals surface area contributed by atoms with Crippen LogP contribution in [0.4, 0.5) is 4.79 Å². The molecule has 5 nitrogen and oxygen atoms in total. The lowest BCUT2D eigenvalue weighted by Crippen LogP contribution is -2.45. The van der Waals surface area contributed by atoms with E-state index in [0.29, 0.717) is 24.4 Å². The lowest BCUT2D eigenvalue weighted by atomic mass is 10.0. The second-order valence-corrected chi connectivity index (χ2v) is 9.42. The van der Waals surface area contributed by atoms with E-state index in [-0.39, 0.29) is 17.8 Å². The van der Waals surface area contributed by atoms with Gasteiger partial charge in [-0.05, 0) is 41.3 Å². The van der Waals surface area contributed by atoms with Crippen LogP contribution in [0, 0.1) is 0 Å². The highest BCUT2D eigenvalue weighted by Gasteiger charge is 2.33. The van der Waals surface area contributed by atoms with Crippen molar-refractivity contribution >= 4 is 26.6 Å². The first-order valence-corrected chi connectivity index (χ1v) is 11.5. The van der Waals surface area contributed by atoms with Crippen LogP contribution < -0.4 is 5.32 Å². The summed E-state index contributed by atoms with van der Waals surface area (Å²) in [6, 6.07) is 22.0. The fourth-order valence-electron chi connectivity index (χ4n) is 3.97. The molecule has 2 amide bonds. The molecule has 150 valence electrons. The number of hydrogen-bond acceptors (Lipinski definition) is 3. The highest BCUT2D eigenvalue weighted by Crippen LogP contribution is 2.23. The number of sulfone groups is 1. The third-order valence-electron chi connectivity index (χ3n) is 5.46. The van der Waals surface area contributed by atoms with E-state index < -0.39 is 9.84 Å². The predicted octanol–water partition coefficient (Wildman–Crippen LogP) is 3.99. The smallest absolute Gasteiger partial charge is 0.317 e. The number of nitrogens with zero attached hydrogens (tertiary/aromatic N) is 1. The van der Waals surface area contributed by atoms with Gasteiger partial charge in [0, 0.05) is 19.1 Å². The minimum Gasteiger partial charge on any atom is -0.334 e. The summed E-state index contributed by atoms with van der Waals surface area (Å²) < 4.78 is 25.4. The molecule has 0 aromatic heterocycles. The molecule has 6 heteroatoms. The quantitative estimate of drug-likeness (QED) is 0.694. The van der Waals surface area contributed by atoms with Crippen LogP contribution in [0.25, 0.3) is 10.8 Å². The van der Waals surface area contributed by atoms with Gasteiger partial charge in [-0.15, -0.1) is 0 Å². The Labute approximate surface area is 171 Å². The standard InChI is InChI=1S/C23H24N2O3S/c26-23(24-16-19-10-6-9-18-8-4-5-14-22(18)19)25-15-7-11-20(25)17-29(27,28)21-12-2-1-3-13-21/h1-6,8-10,12-14,20H,7,11,15-17H2,(H,24,26). The zero-order valence-corrected chi connectivity index (χ0v) is 16.9. The first-order chi connectivity index (χ1) is 14.0. The minimum absolute atomic E-state index is 0.0430. The predicted molar refractivity (Wildman–Crippen MR) is 114 cm³/mol. The summed E-state index contributed by atoms with van der Waals surface area (Å²) in [5.41, 5.74) is 1.05. The molecule has 1 aliphatic heterocycles. The van der Waals surface area contributed by atoms with Gasteiger partial charge in [0.1, 0.15) is 0 Å². The molecule has 1 heterocycles. The molecular formula is C23H24N2O3S. The molecule has 29 heavy (non-hydrogen) atoms. The van der Waals surface area contributed by atoms with E-state index in [1.165, 1.54) is 0 Å². The number of carbonyl (C=O) groups is 1. The maximum Gasteiger partial charge on any atom is 0.317 e. The van der Waals surface area contributed by atoms with Gasteiger partial charge in [0.25, 0.3) is 0 Å². The van der Waals surface area contributed by atoms with Crippen LogP contribution in [-0.2, 0) is 16.4 Å². The van der Waals surface area contributed by atoms with Crippen LogP contribution in [0.3, 0.4) is 0 Å². The van der Waals surface area contributed by atoms with E-state index in [0.717, 1.165) is 22.8 Å². The molecular weight excluding hydrogens is 384 g/mol. The summed E-state index contributed by atoms with van der Waals surface area (Å²) >= 11 is 0. The molecule has 0 bridgehead atoms. The van der Waals surface area contributed by atoms with E-state index >= 15 is 0 Å². The average molecular weight is 409 g/mol. The third kappa shape index (κ3) is 4.27. The van der Waals surface area contributed by atoms with Crippen molar-refractivity contribution in [1.29, 1.82) is 0 Å². The zero-order chi connectivity index (χ0) is 20.3. The molecule has 1 N–H and O–H groups in total. The molecule has 1 unspecified atom stereocenters. The highest BCUT2D eigenvalue weighted by molar-refractivity contribution is 7.91. The van der Waals surface area contributed by atoms with Crippen molar-refractivity contribution in [2.75, 3.05) is 12.3 Å². The second-order valence-electron chi connectivity index (χ2n) is 7.38. The summed E-state index contributed by atoms with van der Waals surface area (Å²) in [7, 11) is -3.43. The largest absolute Gasteiger partial charge is 0.334 e. The fourth-order valence-corrected chi connectivity index (χ4v) is 5.59. The van der Waals surface area contributed by atoms with Gasteiger partial charge >= 0.3 is 6.03 Å². The average Bonchev–Trinajstić information content (AvgIpc) is 3.20. The van der Waals surface area contributed by atoms with E-state index in [2.05, 4.69) is 5.32 Å². The number of carbonyl (C=O) groups excluding carboxylic acids is 1. The number of benzene rings is 3. The van der Waals surface area contributed by atoms with Gasteiger partial charge in [-0.1, -0.05) is 60.7 Å². The van der Waals surface area contributed by atoms with Gasteiger partial charge in [0.2, 0.25) is 0 Å². The molecule has 1 fully saturated rings. The summed E-state index contributed by atoms with van der Waals surface area (Å²) in [6.07, 6.45) is 1.52.